The van der Waals surface area contributed by atoms with Gasteiger partial charge < -0.3 is 15.4 Å². The van der Waals surface area contributed by atoms with E-state index in [2.05, 4.69) is 15.6 Å². The van der Waals surface area contributed by atoms with Crippen LogP contribution in [0.3, 0.4) is 0 Å². The van der Waals surface area contributed by atoms with Gasteiger partial charge >= 0.3 is 0 Å². The summed E-state index contributed by atoms with van der Waals surface area (Å²) in [6.07, 6.45) is 0. The van der Waals surface area contributed by atoms with E-state index in [0.717, 1.165) is 10.6 Å². The first-order chi connectivity index (χ1) is 14.0. The van der Waals surface area contributed by atoms with Crippen LogP contribution in [0.25, 0.3) is 10.6 Å². The summed E-state index contributed by atoms with van der Waals surface area (Å²) in [7, 11) is 0. The number of anilines is 1. The third-order valence-electron chi connectivity index (χ3n) is 3.93. The lowest BCUT2D eigenvalue weighted by Gasteiger charge is -2.08. The molecular weight excluding hydrogens is 410 g/mol. The lowest BCUT2D eigenvalue weighted by Crippen LogP contribution is -2.28. The summed E-state index contributed by atoms with van der Waals surface area (Å²) in [6, 6.07) is 14.2. The highest BCUT2D eigenvalue weighted by Gasteiger charge is 2.16. The number of amides is 2. The summed E-state index contributed by atoms with van der Waals surface area (Å²) in [5.41, 5.74) is 2.15. The number of nitrogens with one attached hydrogen (secondary N) is 2. The zero-order valence-corrected chi connectivity index (χ0v) is 17.6. The molecule has 0 atom stereocenters. The number of thiazole rings is 1. The number of aryl methyl sites for hydroxylation is 1. The Labute approximate surface area is 177 Å². The highest BCUT2D eigenvalue weighted by Crippen LogP contribution is 2.30. The second-order valence-corrected chi connectivity index (χ2v) is 7.60. The van der Waals surface area contributed by atoms with Crippen LogP contribution in [0.15, 0.2) is 48.5 Å². The predicted octanol–water partition coefficient (Wildman–Crippen LogP) is 4.54. The van der Waals surface area contributed by atoms with Gasteiger partial charge in [-0.2, -0.15) is 0 Å². The third-order valence-corrected chi connectivity index (χ3v) is 5.37. The fourth-order valence-corrected chi connectivity index (χ4v) is 3.72. The Morgan fingerprint density at radius 3 is 2.62 bits per heavy atom. The average molecular weight is 430 g/mol. The Hall–Kier alpha value is -2.90. The zero-order valence-electron chi connectivity index (χ0n) is 16.0. The average Bonchev–Trinajstić information content (AvgIpc) is 3.09. The van der Waals surface area contributed by atoms with E-state index in [1.165, 1.54) is 11.3 Å². The number of likely N-dealkylation sites (N-methyl/N-ethyl adjacent to an activating group) is 1. The summed E-state index contributed by atoms with van der Waals surface area (Å²) < 4.78 is 5.40. The number of ether oxygens (including phenoxy) is 1. The molecule has 0 saturated carbocycles. The Kier molecular flexibility index (Phi) is 6.85. The van der Waals surface area contributed by atoms with E-state index in [1.54, 1.807) is 37.3 Å². The van der Waals surface area contributed by atoms with Crippen LogP contribution in [0.4, 0.5) is 5.69 Å². The zero-order chi connectivity index (χ0) is 20.8. The number of benzene rings is 2. The topological polar surface area (TPSA) is 80.3 Å². The molecular formula is C21H20ClN3O3S. The Morgan fingerprint density at radius 1 is 1.17 bits per heavy atom. The Balaban J connectivity index is 1.65. The van der Waals surface area contributed by atoms with E-state index < -0.39 is 0 Å². The monoisotopic (exact) mass is 429 g/mol. The summed E-state index contributed by atoms with van der Waals surface area (Å²) >= 11 is 7.36. The van der Waals surface area contributed by atoms with Crippen LogP contribution < -0.4 is 15.4 Å². The van der Waals surface area contributed by atoms with Gasteiger partial charge in [-0.15, -0.1) is 11.3 Å². The van der Waals surface area contributed by atoms with Gasteiger partial charge in [0.05, 0.1) is 5.69 Å². The maximum atomic E-state index is 12.7. The van der Waals surface area contributed by atoms with Gasteiger partial charge in [-0.05, 0) is 50.2 Å². The minimum Gasteiger partial charge on any atom is -0.484 e. The number of nitrogens with zero attached hydrogens (tertiary/aromatic N) is 1. The standard InChI is InChI=1S/C21H20ClN3O3S/c1-3-23-18(26)12-28-17-9-7-16(8-10-17)25-20(27)19-13(2)24-21(29-19)14-5-4-6-15(22)11-14/h4-11H,3,12H2,1-2H3,(H,23,26)(H,25,27). The lowest BCUT2D eigenvalue weighted by molar-refractivity contribution is -0.122. The van der Waals surface area contributed by atoms with Crippen molar-refractivity contribution in [2.75, 3.05) is 18.5 Å². The molecule has 2 aromatic carbocycles. The van der Waals surface area contributed by atoms with Gasteiger partial charge in [0.2, 0.25) is 0 Å². The van der Waals surface area contributed by atoms with Crippen LogP contribution in [0.2, 0.25) is 5.02 Å². The highest BCUT2D eigenvalue weighted by molar-refractivity contribution is 7.17. The molecule has 150 valence electrons. The molecule has 2 amide bonds. The van der Waals surface area contributed by atoms with E-state index in [1.807, 2.05) is 25.1 Å². The van der Waals surface area contributed by atoms with Crippen LogP contribution in [0, 0.1) is 6.92 Å². The molecule has 6 nitrogen and oxygen atoms in total. The maximum absolute atomic E-state index is 12.7. The van der Waals surface area contributed by atoms with Crippen LogP contribution in [-0.2, 0) is 4.79 Å². The van der Waals surface area contributed by atoms with Gasteiger partial charge in [-0.1, -0.05) is 23.7 Å². The molecule has 0 aliphatic heterocycles. The van der Waals surface area contributed by atoms with Crippen molar-refractivity contribution in [3.8, 4) is 16.3 Å². The quantitative estimate of drug-likeness (QED) is 0.577. The van der Waals surface area contributed by atoms with Gasteiger partial charge in [0, 0.05) is 22.8 Å². The van der Waals surface area contributed by atoms with Gasteiger partial charge in [-0.3, -0.25) is 9.59 Å². The molecule has 0 unspecified atom stereocenters. The minimum absolute atomic E-state index is 0.0497. The van der Waals surface area contributed by atoms with E-state index >= 15 is 0 Å². The SMILES string of the molecule is CCNC(=O)COc1ccc(NC(=O)c2sc(-c3cccc(Cl)c3)nc2C)cc1. The second kappa shape index (κ2) is 9.54. The molecule has 0 spiro atoms. The smallest absolute Gasteiger partial charge is 0.267 e. The molecule has 0 aliphatic carbocycles. The number of rotatable bonds is 7. The number of carbonyl (C=O) groups excluding carboxylic acids is 2. The molecule has 0 fully saturated rings. The molecule has 2 N–H and O–H groups in total. The normalized spacial score (nSPS) is 10.4. The molecule has 0 radical (unpaired) electrons. The number of carbonyl (C=O) groups is 2. The maximum Gasteiger partial charge on any atom is 0.267 e. The third kappa shape index (κ3) is 5.56. The van der Waals surface area contributed by atoms with Crippen LogP contribution in [0.5, 0.6) is 5.75 Å². The highest BCUT2D eigenvalue weighted by atomic mass is 35.5. The first-order valence-electron chi connectivity index (χ1n) is 9.00. The van der Waals surface area contributed by atoms with Crippen molar-refractivity contribution >= 4 is 40.4 Å². The Morgan fingerprint density at radius 2 is 1.93 bits per heavy atom. The lowest BCUT2D eigenvalue weighted by atomic mass is 10.2. The van der Waals surface area contributed by atoms with Crippen LogP contribution in [0.1, 0.15) is 22.3 Å². The van der Waals surface area contributed by atoms with Crippen molar-refractivity contribution in [2.45, 2.75) is 13.8 Å². The van der Waals surface area contributed by atoms with E-state index in [4.69, 9.17) is 16.3 Å². The molecule has 8 heteroatoms. The largest absolute Gasteiger partial charge is 0.484 e. The molecule has 0 aliphatic rings. The number of hydrogen-bond donors (Lipinski definition) is 2. The fourth-order valence-electron chi connectivity index (χ4n) is 2.57. The summed E-state index contributed by atoms with van der Waals surface area (Å²) in [6.45, 7) is 4.16. The molecule has 29 heavy (non-hydrogen) atoms. The van der Waals surface area contributed by atoms with Gasteiger partial charge in [0.25, 0.3) is 11.8 Å². The van der Waals surface area contributed by atoms with Crippen LogP contribution in [-0.4, -0.2) is 29.9 Å². The predicted molar refractivity (Wildman–Crippen MR) is 116 cm³/mol. The van der Waals surface area contributed by atoms with Crippen molar-refractivity contribution in [1.29, 1.82) is 0 Å². The van der Waals surface area contributed by atoms with Crippen molar-refractivity contribution in [3.05, 3.63) is 64.1 Å². The summed E-state index contributed by atoms with van der Waals surface area (Å²) in [5.74, 6) is 0.136. The van der Waals surface area contributed by atoms with Gasteiger partial charge in [0.15, 0.2) is 6.61 Å². The first-order valence-corrected chi connectivity index (χ1v) is 10.2. The van der Waals surface area contributed by atoms with Crippen molar-refractivity contribution in [3.63, 3.8) is 0 Å². The fraction of sp³-hybridized carbons (Fsp3) is 0.190. The molecule has 3 aromatic rings. The number of halogens is 1. The number of aromatic nitrogens is 1. The molecule has 1 heterocycles. The Bertz CT molecular complexity index is 1020. The van der Waals surface area contributed by atoms with Crippen molar-refractivity contribution in [1.82, 2.24) is 10.3 Å². The van der Waals surface area contributed by atoms with E-state index in [-0.39, 0.29) is 18.4 Å². The molecule has 3 rings (SSSR count). The van der Waals surface area contributed by atoms with E-state index in [9.17, 15) is 9.59 Å². The van der Waals surface area contributed by atoms with Gasteiger partial charge in [0.1, 0.15) is 15.6 Å². The second-order valence-electron chi connectivity index (χ2n) is 6.16. The molecule has 0 bridgehead atoms. The van der Waals surface area contributed by atoms with Gasteiger partial charge in [-0.25, -0.2) is 4.98 Å². The van der Waals surface area contributed by atoms with E-state index in [0.29, 0.717) is 33.6 Å². The van der Waals surface area contributed by atoms with Crippen molar-refractivity contribution in [2.24, 2.45) is 0 Å². The van der Waals surface area contributed by atoms with Crippen LogP contribution >= 0.6 is 22.9 Å². The summed E-state index contributed by atoms with van der Waals surface area (Å²) in [5, 5.41) is 6.88. The minimum atomic E-state index is -0.232. The van der Waals surface area contributed by atoms with Crippen molar-refractivity contribution < 1.29 is 14.3 Å². The molecule has 1 aromatic heterocycles. The number of hydrogen-bond acceptors (Lipinski definition) is 5. The summed E-state index contributed by atoms with van der Waals surface area (Å²) in [4.78, 5) is 29.1. The molecule has 0 saturated heterocycles. The first kappa shape index (κ1) is 20.8.